The van der Waals surface area contributed by atoms with Gasteiger partial charge in [-0.05, 0) is 12.1 Å². The molecule has 0 aliphatic carbocycles. The first-order chi connectivity index (χ1) is 9.69. The number of hydrogen-bond donors (Lipinski definition) is 1. The molecule has 0 bridgehead atoms. The number of nitrogens with zero attached hydrogens (tertiary/aromatic N) is 4. The van der Waals surface area contributed by atoms with Gasteiger partial charge in [0.15, 0.2) is 11.5 Å². The number of aryl methyl sites for hydroxylation is 1. The molecule has 0 amide bonds. The molecule has 1 N–H and O–H groups in total. The Hall–Kier alpha value is -2.83. The molecule has 0 fully saturated rings. The Kier molecular flexibility index (Phi) is 2.86. The Balaban J connectivity index is 2.02. The van der Waals surface area contributed by atoms with E-state index in [4.69, 9.17) is 9.26 Å². The second-order valence-corrected chi connectivity index (χ2v) is 4.18. The number of aromatic hydroxyl groups is 1. The summed E-state index contributed by atoms with van der Waals surface area (Å²) in [6, 6.07) is 5.07. The van der Waals surface area contributed by atoms with Crippen molar-refractivity contribution in [2.24, 2.45) is 7.05 Å². The monoisotopic (exact) mass is 272 g/mol. The van der Waals surface area contributed by atoms with Crippen LogP contribution in [-0.4, -0.2) is 32.1 Å². The van der Waals surface area contributed by atoms with Crippen LogP contribution in [0.4, 0.5) is 0 Å². The highest BCUT2D eigenvalue weighted by atomic mass is 16.5. The van der Waals surface area contributed by atoms with Gasteiger partial charge in [0, 0.05) is 13.2 Å². The van der Waals surface area contributed by atoms with E-state index in [1.54, 1.807) is 42.3 Å². The van der Waals surface area contributed by atoms with Crippen molar-refractivity contribution < 1.29 is 14.4 Å². The molecule has 0 unspecified atom stereocenters. The lowest BCUT2D eigenvalue weighted by Gasteiger charge is -2.04. The lowest BCUT2D eigenvalue weighted by Crippen LogP contribution is -1.86. The zero-order valence-corrected chi connectivity index (χ0v) is 10.9. The van der Waals surface area contributed by atoms with Crippen molar-refractivity contribution in [3.63, 3.8) is 0 Å². The van der Waals surface area contributed by atoms with Gasteiger partial charge in [-0.25, -0.2) is 0 Å². The molecule has 3 rings (SSSR count). The largest absolute Gasteiger partial charge is 0.504 e. The summed E-state index contributed by atoms with van der Waals surface area (Å²) in [6.07, 6.45) is 3.42. The van der Waals surface area contributed by atoms with E-state index in [0.29, 0.717) is 17.1 Å². The predicted molar refractivity (Wildman–Crippen MR) is 70.2 cm³/mol. The average molecular weight is 272 g/mol. The molecule has 0 aliphatic rings. The molecule has 0 aliphatic heterocycles. The quantitative estimate of drug-likeness (QED) is 0.783. The topological polar surface area (TPSA) is 86.2 Å². The van der Waals surface area contributed by atoms with Crippen LogP contribution in [-0.2, 0) is 7.05 Å². The minimum Gasteiger partial charge on any atom is -0.504 e. The van der Waals surface area contributed by atoms with Gasteiger partial charge in [0.1, 0.15) is 0 Å². The Morgan fingerprint density at radius 3 is 2.90 bits per heavy atom. The highest BCUT2D eigenvalue weighted by Gasteiger charge is 2.17. The van der Waals surface area contributed by atoms with Crippen molar-refractivity contribution in [2.45, 2.75) is 0 Å². The molecule has 7 heteroatoms. The van der Waals surface area contributed by atoms with E-state index < -0.39 is 0 Å². The predicted octanol–water partition coefficient (Wildman–Crippen LogP) is 1.85. The van der Waals surface area contributed by atoms with Crippen molar-refractivity contribution in [3.8, 4) is 34.3 Å². The highest BCUT2D eigenvalue weighted by molar-refractivity contribution is 5.68. The first kappa shape index (κ1) is 12.2. The van der Waals surface area contributed by atoms with Gasteiger partial charge in [0.05, 0.1) is 24.4 Å². The summed E-state index contributed by atoms with van der Waals surface area (Å²) in [6.45, 7) is 0. The van der Waals surface area contributed by atoms with Crippen LogP contribution < -0.4 is 4.74 Å². The van der Waals surface area contributed by atoms with Gasteiger partial charge in [-0.1, -0.05) is 11.2 Å². The standard InChI is InChI=1S/C13H12N4O3/c1-17-7-8(6-14-17)12-15-13(20-16-12)9-4-3-5-10(19-2)11(9)18/h3-7,18H,1-2H3. The molecule has 7 nitrogen and oxygen atoms in total. The minimum atomic E-state index is -0.0311. The summed E-state index contributed by atoms with van der Waals surface area (Å²) in [5, 5.41) is 18.0. The molecule has 0 saturated heterocycles. The first-order valence-corrected chi connectivity index (χ1v) is 5.88. The van der Waals surface area contributed by atoms with Crippen LogP contribution in [0.15, 0.2) is 35.1 Å². The lowest BCUT2D eigenvalue weighted by molar-refractivity contribution is 0.371. The number of hydrogen-bond acceptors (Lipinski definition) is 6. The molecule has 0 radical (unpaired) electrons. The molecule has 1 aromatic carbocycles. The summed E-state index contributed by atoms with van der Waals surface area (Å²) in [7, 11) is 3.28. The van der Waals surface area contributed by atoms with Crippen molar-refractivity contribution in [1.29, 1.82) is 0 Å². The van der Waals surface area contributed by atoms with E-state index in [1.165, 1.54) is 7.11 Å². The molecule has 0 saturated carbocycles. The van der Waals surface area contributed by atoms with E-state index in [0.717, 1.165) is 5.56 Å². The summed E-state index contributed by atoms with van der Waals surface area (Å²) < 4.78 is 11.9. The van der Waals surface area contributed by atoms with Gasteiger partial charge < -0.3 is 14.4 Å². The Bertz CT molecular complexity index is 748. The van der Waals surface area contributed by atoms with Crippen LogP contribution in [0, 0.1) is 0 Å². The maximum absolute atomic E-state index is 10.1. The van der Waals surface area contributed by atoms with Crippen molar-refractivity contribution in [2.75, 3.05) is 7.11 Å². The normalized spacial score (nSPS) is 10.7. The van der Waals surface area contributed by atoms with Crippen molar-refractivity contribution >= 4 is 0 Å². The van der Waals surface area contributed by atoms with E-state index in [2.05, 4.69) is 15.2 Å². The number of phenols is 1. The summed E-state index contributed by atoms with van der Waals surface area (Å²) in [5.74, 6) is 0.954. The average Bonchev–Trinajstić information content (AvgIpc) is 3.07. The Morgan fingerprint density at radius 2 is 2.20 bits per heavy atom. The number of rotatable bonds is 3. The van der Waals surface area contributed by atoms with Gasteiger partial charge in [-0.15, -0.1) is 0 Å². The number of methoxy groups -OCH3 is 1. The molecule has 2 aromatic heterocycles. The Labute approximate surface area is 114 Å². The lowest BCUT2D eigenvalue weighted by atomic mass is 10.2. The number of benzene rings is 1. The van der Waals surface area contributed by atoms with Crippen LogP contribution in [0.1, 0.15) is 0 Å². The molecule has 3 aromatic rings. The van der Waals surface area contributed by atoms with Crippen LogP contribution in [0.25, 0.3) is 22.8 Å². The first-order valence-electron chi connectivity index (χ1n) is 5.88. The fourth-order valence-corrected chi connectivity index (χ4v) is 1.85. The van der Waals surface area contributed by atoms with Gasteiger partial charge >= 0.3 is 0 Å². The van der Waals surface area contributed by atoms with Crippen molar-refractivity contribution in [3.05, 3.63) is 30.6 Å². The van der Waals surface area contributed by atoms with Crippen LogP contribution in [0.2, 0.25) is 0 Å². The van der Waals surface area contributed by atoms with Gasteiger partial charge in [-0.3, -0.25) is 4.68 Å². The Morgan fingerprint density at radius 1 is 1.35 bits per heavy atom. The second kappa shape index (κ2) is 4.69. The zero-order chi connectivity index (χ0) is 14.1. The van der Waals surface area contributed by atoms with Crippen molar-refractivity contribution in [1.82, 2.24) is 19.9 Å². The van der Waals surface area contributed by atoms with E-state index in [-0.39, 0.29) is 11.6 Å². The van der Waals surface area contributed by atoms with Gasteiger partial charge in [0.25, 0.3) is 5.89 Å². The third-order valence-electron chi connectivity index (χ3n) is 2.84. The molecule has 102 valence electrons. The summed E-state index contributed by atoms with van der Waals surface area (Å²) in [4.78, 5) is 4.25. The SMILES string of the molecule is COc1cccc(-c2nc(-c3cnn(C)c3)no2)c1O. The summed E-state index contributed by atoms with van der Waals surface area (Å²) in [5.41, 5.74) is 1.16. The maximum Gasteiger partial charge on any atom is 0.262 e. The number of ether oxygens (including phenoxy) is 1. The molecular formula is C13H12N4O3. The molecule has 20 heavy (non-hydrogen) atoms. The number of phenolic OH excluding ortho intramolecular Hbond substituents is 1. The summed E-state index contributed by atoms with van der Waals surface area (Å²) >= 11 is 0. The third kappa shape index (κ3) is 1.99. The van der Waals surface area contributed by atoms with E-state index in [9.17, 15) is 5.11 Å². The molecule has 2 heterocycles. The molecule has 0 spiro atoms. The third-order valence-corrected chi connectivity index (χ3v) is 2.84. The highest BCUT2D eigenvalue weighted by Crippen LogP contribution is 2.36. The van der Waals surface area contributed by atoms with E-state index in [1.807, 2.05) is 0 Å². The number of aromatic nitrogens is 4. The molecule has 0 atom stereocenters. The van der Waals surface area contributed by atoms with Crippen LogP contribution >= 0.6 is 0 Å². The smallest absolute Gasteiger partial charge is 0.262 e. The van der Waals surface area contributed by atoms with Crippen LogP contribution in [0.3, 0.4) is 0 Å². The maximum atomic E-state index is 10.1. The van der Waals surface area contributed by atoms with Gasteiger partial charge in [0.2, 0.25) is 5.82 Å². The zero-order valence-electron chi connectivity index (χ0n) is 10.9. The second-order valence-electron chi connectivity index (χ2n) is 4.18. The van der Waals surface area contributed by atoms with Gasteiger partial charge in [-0.2, -0.15) is 10.1 Å². The fourth-order valence-electron chi connectivity index (χ4n) is 1.85. The number of para-hydroxylation sites is 1. The molecular weight excluding hydrogens is 260 g/mol. The van der Waals surface area contributed by atoms with E-state index >= 15 is 0 Å². The van der Waals surface area contributed by atoms with Crippen LogP contribution in [0.5, 0.6) is 11.5 Å². The minimum absolute atomic E-state index is 0.0311. The fraction of sp³-hybridized carbons (Fsp3) is 0.154.